The summed E-state index contributed by atoms with van der Waals surface area (Å²) in [6, 6.07) is 0. The van der Waals surface area contributed by atoms with E-state index in [4.69, 9.17) is 9.26 Å². The van der Waals surface area contributed by atoms with Crippen molar-refractivity contribution in [2.75, 3.05) is 0 Å². The Morgan fingerprint density at radius 2 is 2.14 bits per heavy atom. The summed E-state index contributed by atoms with van der Waals surface area (Å²) >= 11 is 0. The van der Waals surface area contributed by atoms with Crippen molar-refractivity contribution < 1.29 is 14.1 Å². The average molecular weight is 291 g/mol. The zero-order valence-electron chi connectivity index (χ0n) is 13.7. The highest BCUT2D eigenvalue weighted by Gasteiger charge is 2.63. The number of esters is 1. The van der Waals surface area contributed by atoms with E-state index >= 15 is 0 Å². The summed E-state index contributed by atoms with van der Waals surface area (Å²) in [6.45, 7) is 10.7. The second kappa shape index (κ2) is 4.59. The molecule has 2 fully saturated rings. The van der Waals surface area contributed by atoms with Crippen molar-refractivity contribution in [3.63, 3.8) is 0 Å². The summed E-state index contributed by atoms with van der Waals surface area (Å²) in [5, 5.41) is 3.95. The van der Waals surface area contributed by atoms with Gasteiger partial charge in [-0.2, -0.15) is 0 Å². The fraction of sp³-hybridized carbons (Fsp3) is 0.765. The highest BCUT2D eigenvalue weighted by molar-refractivity contribution is 5.91. The summed E-state index contributed by atoms with van der Waals surface area (Å²) in [5.41, 5.74) is 1.56. The Morgan fingerprint density at radius 1 is 1.43 bits per heavy atom. The molecule has 2 aliphatic rings. The Morgan fingerprint density at radius 3 is 2.67 bits per heavy atom. The fourth-order valence-electron chi connectivity index (χ4n) is 4.42. The molecular weight excluding hydrogens is 266 g/mol. The largest absolute Gasteiger partial charge is 0.458 e. The van der Waals surface area contributed by atoms with Crippen LogP contribution in [0.5, 0.6) is 0 Å². The Kier molecular flexibility index (Phi) is 3.19. The van der Waals surface area contributed by atoms with Gasteiger partial charge < -0.3 is 9.26 Å². The summed E-state index contributed by atoms with van der Waals surface area (Å²) in [5.74, 6) is 0.958. The lowest BCUT2D eigenvalue weighted by molar-refractivity contribution is -0.0244. The number of hydrogen-bond donors (Lipinski definition) is 0. The molecule has 1 aromatic heterocycles. The standard InChI is InChI=1S/C17H25NO3/c1-6-12-14(10(2)21-18-12)15(19)20-13-9-11-7-8-17(13,5)16(11,3)4/h11,13H,6-9H2,1-5H3. The third kappa shape index (κ3) is 1.87. The van der Waals surface area contributed by atoms with E-state index in [-0.39, 0.29) is 22.9 Å². The Balaban J connectivity index is 1.82. The minimum absolute atomic E-state index is 0.0118. The molecule has 2 bridgehead atoms. The average Bonchev–Trinajstić information content (AvgIpc) is 2.96. The number of hydrogen-bond acceptors (Lipinski definition) is 4. The van der Waals surface area contributed by atoms with Gasteiger partial charge in [-0.25, -0.2) is 4.79 Å². The van der Waals surface area contributed by atoms with Crippen LogP contribution in [0.3, 0.4) is 0 Å². The van der Waals surface area contributed by atoms with E-state index in [9.17, 15) is 4.79 Å². The SMILES string of the molecule is CCc1noc(C)c1C(=O)OC1CC2CCC1(C)C2(C)C. The Bertz CT molecular complexity index is 575. The van der Waals surface area contributed by atoms with E-state index in [2.05, 4.69) is 25.9 Å². The molecule has 1 aromatic rings. The Labute approximate surface area is 126 Å². The van der Waals surface area contributed by atoms with E-state index in [1.54, 1.807) is 6.92 Å². The summed E-state index contributed by atoms with van der Waals surface area (Å²) in [7, 11) is 0. The first-order valence-electron chi connectivity index (χ1n) is 7.97. The van der Waals surface area contributed by atoms with Gasteiger partial charge in [-0.05, 0) is 43.9 Å². The van der Waals surface area contributed by atoms with Crippen molar-refractivity contribution >= 4 is 5.97 Å². The highest BCUT2D eigenvalue weighted by atomic mass is 16.5. The lowest BCUT2D eigenvalue weighted by Crippen LogP contribution is -2.38. The number of aryl methyl sites for hydroxylation is 2. The molecular formula is C17H25NO3. The van der Waals surface area contributed by atoms with Crippen LogP contribution in [0.15, 0.2) is 4.52 Å². The van der Waals surface area contributed by atoms with Crippen LogP contribution < -0.4 is 0 Å². The fourth-order valence-corrected chi connectivity index (χ4v) is 4.42. The smallest absolute Gasteiger partial charge is 0.343 e. The van der Waals surface area contributed by atoms with Gasteiger partial charge in [0.25, 0.3) is 0 Å². The molecule has 0 aliphatic heterocycles. The van der Waals surface area contributed by atoms with Gasteiger partial charge in [0.15, 0.2) is 0 Å². The molecule has 0 saturated heterocycles. The molecule has 4 heteroatoms. The second-order valence-corrected chi connectivity index (χ2v) is 7.42. The maximum Gasteiger partial charge on any atom is 0.343 e. The van der Waals surface area contributed by atoms with Gasteiger partial charge in [0.05, 0.1) is 5.69 Å². The van der Waals surface area contributed by atoms with Crippen LogP contribution in [0, 0.1) is 23.7 Å². The molecule has 0 amide bonds. The van der Waals surface area contributed by atoms with Gasteiger partial charge in [-0.3, -0.25) is 0 Å². The quantitative estimate of drug-likeness (QED) is 0.792. The molecule has 0 aromatic carbocycles. The molecule has 0 radical (unpaired) electrons. The molecule has 0 spiro atoms. The van der Waals surface area contributed by atoms with Crippen LogP contribution in [0.1, 0.15) is 68.8 Å². The minimum Gasteiger partial charge on any atom is -0.458 e. The van der Waals surface area contributed by atoms with Gasteiger partial charge >= 0.3 is 5.97 Å². The third-order valence-corrected chi connectivity index (χ3v) is 6.44. The molecule has 1 heterocycles. The van der Waals surface area contributed by atoms with E-state index in [1.165, 1.54) is 6.42 Å². The molecule has 3 atom stereocenters. The number of carbonyl (C=O) groups is 1. The lowest BCUT2D eigenvalue weighted by atomic mass is 9.70. The van der Waals surface area contributed by atoms with Gasteiger partial charge in [0.1, 0.15) is 17.4 Å². The third-order valence-electron chi connectivity index (χ3n) is 6.44. The van der Waals surface area contributed by atoms with Crippen LogP contribution in [-0.4, -0.2) is 17.2 Å². The van der Waals surface area contributed by atoms with Gasteiger partial charge in [-0.1, -0.05) is 32.9 Å². The molecule has 116 valence electrons. The Hall–Kier alpha value is -1.32. The predicted molar refractivity (Wildman–Crippen MR) is 79.1 cm³/mol. The molecule has 4 nitrogen and oxygen atoms in total. The molecule has 0 N–H and O–H groups in total. The van der Waals surface area contributed by atoms with Crippen LogP contribution in [-0.2, 0) is 11.2 Å². The van der Waals surface area contributed by atoms with E-state index in [1.807, 2.05) is 6.92 Å². The molecule has 3 rings (SSSR count). The number of fused-ring (bicyclic) bond motifs is 2. The topological polar surface area (TPSA) is 52.3 Å². The summed E-state index contributed by atoms with van der Waals surface area (Å²) < 4.78 is 11.1. The zero-order chi connectivity index (χ0) is 15.4. The predicted octanol–water partition coefficient (Wildman–Crippen LogP) is 3.92. The van der Waals surface area contributed by atoms with Crippen LogP contribution in [0.2, 0.25) is 0 Å². The molecule has 2 saturated carbocycles. The van der Waals surface area contributed by atoms with Crippen molar-refractivity contribution in [2.45, 2.75) is 66.4 Å². The summed E-state index contributed by atoms with van der Waals surface area (Å²) in [6.07, 6.45) is 4.08. The van der Waals surface area contributed by atoms with Gasteiger partial charge in [0, 0.05) is 5.41 Å². The zero-order valence-corrected chi connectivity index (χ0v) is 13.7. The molecule has 3 unspecified atom stereocenters. The number of nitrogens with zero attached hydrogens (tertiary/aromatic N) is 1. The molecule has 2 aliphatic carbocycles. The van der Waals surface area contributed by atoms with Crippen molar-refractivity contribution in [1.82, 2.24) is 5.16 Å². The second-order valence-electron chi connectivity index (χ2n) is 7.42. The van der Waals surface area contributed by atoms with Gasteiger partial charge in [-0.15, -0.1) is 0 Å². The molecule has 21 heavy (non-hydrogen) atoms. The number of rotatable bonds is 3. The van der Waals surface area contributed by atoms with E-state index in [0.29, 0.717) is 29.4 Å². The number of ether oxygens (including phenoxy) is 1. The van der Waals surface area contributed by atoms with Crippen LogP contribution in [0.4, 0.5) is 0 Å². The maximum absolute atomic E-state index is 12.6. The highest BCUT2D eigenvalue weighted by Crippen LogP contribution is 2.66. The normalized spacial score (nSPS) is 33.4. The first kappa shape index (κ1) is 14.6. The van der Waals surface area contributed by atoms with Gasteiger partial charge in [0.2, 0.25) is 0 Å². The maximum atomic E-state index is 12.6. The summed E-state index contributed by atoms with van der Waals surface area (Å²) in [4.78, 5) is 12.6. The first-order chi connectivity index (χ1) is 9.81. The van der Waals surface area contributed by atoms with Crippen LogP contribution in [0.25, 0.3) is 0 Å². The number of aromatic nitrogens is 1. The van der Waals surface area contributed by atoms with Crippen molar-refractivity contribution in [1.29, 1.82) is 0 Å². The van der Waals surface area contributed by atoms with Crippen molar-refractivity contribution in [3.05, 3.63) is 17.0 Å². The lowest BCUT2D eigenvalue weighted by Gasteiger charge is -2.38. The van der Waals surface area contributed by atoms with E-state index in [0.717, 1.165) is 12.8 Å². The minimum atomic E-state index is -0.264. The van der Waals surface area contributed by atoms with Crippen LogP contribution >= 0.6 is 0 Å². The monoisotopic (exact) mass is 291 g/mol. The van der Waals surface area contributed by atoms with Crippen molar-refractivity contribution in [3.8, 4) is 0 Å². The first-order valence-corrected chi connectivity index (χ1v) is 7.97. The van der Waals surface area contributed by atoms with E-state index < -0.39 is 0 Å². The van der Waals surface area contributed by atoms with Crippen molar-refractivity contribution in [2.24, 2.45) is 16.7 Å². The number of carbonyl (C=O) groups excluding carboxylic acids is 1.